The van der Waals surface area contributed by atoms with Crippen LogP contribution in [0.5, 0.6) is 11.5 Å². The van der Waals surface area contributed by atoms with Crippen molar-refractivity contribution >= 4 is 12.0 Å². The Morgan fingerprint density at radius 1 is 1.34 bits per heavy atom. The molecule has 2 aliphatic heterocycles. The molecule has 1 saturated carbocycles. The second kappa shape index (κ2) is 8.14. The molecule has 2 aromatic rings. The Morgan fingerprint density at radius 3 is 2.94 bits per heavy atom. The van der Waals surface area contributed by atoms with Gasteiger partial charge in [-0.2, -0.15) is 0 Å². The molecule has 5 atom stereocenters. The molecule has 1 saturated heterocycles. The van der Waals surface area contributed by atoms with Gasteiger partial charge >= 0.3 is 0 Å². The molecule has 35 heavy (non-hydrogen) atoms. The Balaban J connectivity index is 1.42. The van der Waals surface area contributed by atoms with E-state index in [4.69, 9.17) is 13.9 Å². The molecule has 1 aromatic heterocycles. The van der Waals surface area contributed by atoms with Crippen molar-refractivity contribution in [2.24, 2.45) is 0 Å². The molecular formula is C28H34N2O5. The Kier molecular flexibility index (Phi) is 5.27. The normalized spacial score (nSPS) is 32.9. The van der Waals surface area contributed by atoms with Crippen LogP contribution in [-0.4, -0.2) is 71.8 Å². The zero-order valence-electron chi connectivity index (χ0n) is 20.7. The highest BCUT2D eigenvalue weighted by molar-refractivity contribution is 5.92. The van der Waals surface area contributed by atoms with Gasteiger partial charge in [0.1, 0.15) is 6.10 Å². The van der Waals surface area contributed by atoms with Crippen molar-refractivity contribution in [3.63, 3.8) is 0 Å². The van der Waals surface area contributed by atoms with Crippen LogP contribution in [0.4, 0.5) is 0 Å². The SMILES string of the molecule is CCCN1CC[C@]23c4c5ccc(OC)c4O[C@H]2[C@H](N(C)C(=O)/C=C/c2ccoc2)CC[C@@]3(O)[C@H]1C5. The third-order valence-electron chi connectivity index (χ3n) is 9.06. The van der Waals surface area contributed by atoms with E-state index in [1.54, 1.807) is 36.7 Å². The van der Waals surface area contributed by atoms with Crippen LogP contribution < -0.4 is 9.47 Å². The summed E-state index contributed by atoms with van der Waals surface area (Å²) in [6, 6.07) is 5.86. The van der Waals surface area contributed by atoms with E-state index in [1.807, 2.05) is 19.2 Å². The zero-order chi connectivity index (χ0) is 24.4. The van der Waals surface area contributed by atoms with Gasteiger partial charge in [0.2, 0.25) is 5.91 Å². The summed E-state index contributed by atoms with van der Waals surface area (Å²) in [4.78, 5) is 17.5. The average Bonchev–Trinajstić information content (AvgIpc) is 3.49. The lowest BCUT2D eigenvalue weighted by Gasteiger charge is -2.64. The fraction of sp³-hybridized carbons (Fsp3) is 0.536. The van der Waals surface area contributed by atoms with E-state index in [1.165, 1.54) is 5.56 Å². The number of benzene rings is 1. The number of likely N-dealkylation sites (N-methyl/N-ethyl adjacent to an activating group) is 1. The van der Waals surface area contributed by atoms with Crippen molar-refractivity contribution in [2.75, 3.05) is 27.2 Å². The molecule has 0 unspecified atom stereocenters. The Morgan fingerprint density at radius 2 is 2.20 bits per heavy atom. The highest BCUT2D eigenvalue weighted by atomic mass is 16.5. The molecule has 6 rings (SSSR count). The molecular weight excluding hydrogens is 444 g/mol. The second-order valence-corrected chi connectivity index (χ2v) is 10.5. The summed E-state index contributed by atoms with van der Waals surface area (Å²) in [7, 11) is 3.52. The number of nitrogens with zero attached hydrogens (tertiary/aromatic N) is 2. The first kappa shape index (κ1) is 22.7. The monoisotopic (exact) mass is 478 g/mol. The van der Waals surface area contributed by atoms with Crippen molar-refractivity contribution in [1.29, 1.82) is 0 Å². The lowest BCUT2D eigenvalue weighted by molar-refractivity contribution is -0.199. The summed E-state index contributed by atoms with van der Waals surface area (Å²) >= 11 is 0. The summed E-state index contributed by atoms with van der Waals surface area (Å²) in [5.74, 6) is 1.38. The number of ether oxygens (including phenoxy) is 2. The number of likely N-dealkylation sites (tertiary alicyclic amines) is 1. The Bertz CT molecular complexity index is 1160. The zero-order valence-corrected chi connectivity index (χ0v) is 20.7. The fourth-order valence-electron chi connectivity index (χ4n) is 7.52. The van der Waals surface area contributed by atoms with E-state index in [0.717, 1.165) is 49.2 Å². The molecule has 2 aliphatic carbocycles. The number of aliphatic hydroxyl groups is 1. The third kappa shape index (κ3) is 3.01. The summed E-state index contributed by atoms with van der Waals surface area (Å²) in [5.41, 5.74) is 1.76. The molecule has 1 spiro atoms. The van der Waals surface area contributed by atoms with Crippen LogP contribution in [0.25, 0.3) is 6.08 Å². The van der Waals surface area contributed by atoms with Gasteiger partial charge in [-0.05, 0) is 69.0 Å². The topological polar surface area (TPSA) is 75.4 Å². The predicted molar refractivity (Wildman–Crippen MR) is 132 cm³/mol. The molecule has 2 bridgehead atoms. The molecule has 186 valence electrons. The fourth-order valence-corrected chi connectivity index (χ4v) is 7.52. The number of methoxy groups -OCH3 is 1. The second-order valence-electron chi connectivity index (χ2n) is 10.5. The molecule has 7 nitrogen and oxygen atoms in total. The lowest BCUT2D eigenvalue weighted by atomic mass is 9.48. The van der Waals surface area contributed by atoms with Gasteiger partial charge in [-0.15, -0.1) is 0 Å². The van der Waals surface area contributed by atoms with Crippen LogP contribution in [0.15, 0.2) is 41.2 Å². The van der Waals surface area contributed by atoms with Crippen molar-refractivity contribution in [2.45, 2.75) is 68.2 Å². The lowest BCUT2D eigenvalue weighted by Crippen LogP contribution is -2.78. The highest BCUT2D eigenvalue weighted by Crippen LogP contribution is 2.65. The van der Waals surface area contributed by atoms with E-state index >= 15 is 0 Å². The first-order valence-corrected chi connectivity index (χ1v) is 12.7. The Labute approximate surface area is 206 Å². The number of rotatable bonds is 6. The third-order valence-corrected chi connectivity index (χ3v) is 9.06. The predicted octanol–water partition coefficient (Wildman–Crippen LogP) is 3.39. The number of hydrogen-bond acceptors (Lipinski definition) is 6. The highest BCUT2D eigenvalue weighted by Gasteiger charge is 2.73. The summed E-state index contributed by atoms with van der Waals surface area (Å²) in [5, 5.41) is 12.5. The minimum Gasteiger partial charge on any atom is -0.493 e. The van der Waals surface area contributed by atoms with Gasteiger partial charge < -0.3 is 23.9 Å². The maximum absolute atomic E-state index is 13.2. The van der Waals surface area contributed by atoms with Gasteiger partial charge in [-0.3, -0.25) is 9.69 Å². The van der Waals surface area contributed by atoms with Gasteiger partial charge in [-0.25, -0.2) is 0 Å². The van der Waals surface area contributed by atoms with Crippen LogP contribution in [0.3, 0.4) is 0 Å². The summed E-state index contributed by atoms with van der Waals surface area (Å²) in [6.45, 7) is 4.10. The van der Waals surface area contributed by atoms with Crippen molar-refractivity contribution in [3.05, 3.63) is 53.5 Å². The van der Waals surface area contributed by atoms with Crippen molar-refractivity contribution in [3.8, 4) is 11.5 Å². The first-order valence-electron chi connectivity index (χ1n) is 12.7. The van der Waals surface area contributed by atoms with Crippen LogP contribution in [0, 0.1) is 0 Å². The molecule has 0 radical (unpaired) electrons. The van der Waals surface area contributed by atoms with Crippen LogP contribution in [0.1, 0.15) is 49.3 Å². The average molecular weight is 479 g/mol. The quantitative estimate of drug-likeness (QED) is 0.642. The maximum atomic E-state index is 13.2. The van der Waals surface area contributed by atoms with Crippen LogP contribution in [0.2, 0.25) is 0 Å². The van der Waals surface area contributed by atoms with E-state index in [2.05, 4.69) is 17.9 Å². The number of amides is 1. The van der Waals surface area contributed by atoms with E-state index in [0.29, 0.717) is 18.6 Å². The molecule has 7 heteroatoms. The van der Waals surface area contributed by atoms with Gasteiger partial charge in [-0.1, -0.05) is 13.0 Å². The first-order chi connectivity index (χ1) is 16.9. The molecule has 3 heterocycles. The van der Waals surface area contributed by atoms with Gasteiger partial charge in [0.05, 0.1) is 36.7 Å². The molecule has 1 amide bonds. The number of hydrogen-bond donors (Lipinski definition) is 1. The summed E-state index contributed by atoms with van der Waals surface area (Å²) < 4.78 is 17.6. The molecule has 2 fully saturated rings. The number of furan rings is 1. The van der Waals surface area contributed by atoms with Crippen molar-refractivity contribution < 1.29 is 23.8 Å². The van der Waals surface area contributed by atoms with Crippen molar-refractivity contribution in [1.82, 2.24) is 9.80 Å². The number of piperidine rings is 1. The van der Waals surface area contributed by atoms with E-state index < -0.39 is 11.0 Å². The smallest absolute Gasteiger partial charge is 0.246 e. The van der Waals surface area contributed by atoms with Gasteiger partial charge in [0, 0.05) is 30.3 Å². The number of carbonyl (C=O) groups is 1. The minimum atomic E-state index is -0.900. The molecule has 4 aliphatic rings. The summed E-state index contributed by atoms with van der Waals surface area (Å²) in [6.07, 6.45) is 10.2. The standard InChI is InChI=1S/C28H34N2O5/c1-4-13-30-14-12-27-24-19-6-7-21(33-3)25(24)35-26(27)20(9-11-28(27,32)22(30)16-19)29(2)23(31)8-5-18-10-15-34-17-18/h5-8,10,15,17,20,22,26,32H,4,9,11-14,16H2,1-3H3/b8-5+/t20-,22-,26+,27+,28-/m1/s1. The van der Waals surface area contributed by atoms with E-state index in [9.17, 15) is 9.90 Å². The van der Waals surface area contributed by atoms with Gasteiger partial charge in [0.15, 0.2) is 11.5 Å². The largest absolute Gasteiger partial charge is 0.493 e. The Hall–Kier alpha value is -2.77. The molecule has 1 N–H and O–H groups in total. The van der Waals surface area contributed by atoms with E-state index in [-0.39, 0.29) is 24.1 Å². The minimum absolute atomic E-state index is 0.0529. The van der Waals surface area contributed by atoms with Crippen LogP contribution >= 0.6 is 0 Å². The maximum Gasteiger partial charge on any atom is 0.246 e. The number of carbonyl (C=O) groups excluding carboxylic acids is 1. The molecule has 1 aromatic carbocycles. The van der Waals surface area contributed by atoms with Gasteiger partial charge in [0.25, 0.3) is 0 Å². The van der Waals surface area contributed by atoms with Crippen LogP contribution in [-0.2, 0) is 16.6 Å².